The Balaban J connectivity index is 1.74. The Morgan fingerprint density at radius 3 is 2.63 bits per heavy atom. The summed E-state index contributed by atoms with van der Waals surface area (Å²) in [5.74, 6) is 0.914. The predicted octanol–water partition coefficient (Wildman–Crippen LogP) is 5.02. The largest absolute Gasteiger partial charge is 0.248 e. The van der Waals surface area contributed by atoms with E-state index in [1.807, 2.05) is 40.9 Å². The molecule has 2 aromatic carbocycles. The van der Waals surface area contributed by atoms with Crippen molar-refractivity contribution in [1.82, 2.24) is 24.8 Å². The Morgan fingerprint density at radius 2 is 1.78 bits per heavy atom. The van der Waals surface area contributed by atoms with Crippen LogP contribution in [0.2, 0.25) is 0 Å². The van der Waals surface area contributed by atoms with Crippen LogP contribution in [0.1, 0.15) is 19.2 Å². The summed E-state index contributed by atoms with van der Waals surface area (Å²) in [5.41, 5.74) is 4.09. The number of hydrogen-bond acceptors (Lipinski definition) is 5. The lowest BCUT2D eigenvalue weighted by molar-refractivity contribution is 0.778. The number of aromatic nitrogens is 5. The molecular formula is C21H17N5S. The van der Waals surface area contributed by atoms with Gasteiger partial charge in [0, 0.05) is 22.9 Å². The molecule has 0 aliphatic carbocycles. The van der Waals surface area contributed by atoms with Gasteiger partial charge in [-0.15, -0.1) is 10.2 Å². The Labute approximate surface area is 160 Å². The highest BCUT2D eigenvalue weighted by Crippen LogP contribution is 2.34. The molecule has 132 valence electrons. The van der Waals surface area contributed by atoms with Gasteiger partial charge in [-0.2, -0.15) is 9.61 Å². The summed E-state index contributed by atoms with van der Waals surface area (Å²) in [6.45, 7) is 2.14. The number of para-hydroxylation sites is 1. The lowest BCUT2D eigenvalue weighted by Crippen LogP contribution is -1.96. The van der Waals surface area contributed by atoms with Gasteiger partial charge in [0.2, 0.25) is 4.96 Å². The molecule has 0 radical (unpaired) electrons. The first-order valence-electron chi connectivity index (χ1n) is 9.00. The molecule has 5 aromatic rings. The lowest BCUT2D eigenvalue weighted by Gasteiger charge is -2.08. The Kier molecular flexibility index (Phi) is 3.90. The second-order valence-corrected chi connectivity index (χ2v) is 7.36. The van der Waals surface area contributed by atoms with Crippen molar-refractivity contribution in [2.45, 2.75) is 19.8 Å². The molecule has 0 atom stereocenters. The fourth-order valence-corrected chi connectivity index (χ4v) is 4.14. The number of nitrogens with zero attached hydrogens (tertiary/aromatic N) is 5. The van der Waals surface area contributed by atoms with E-state index in [0.717, 1.165) is 56.4 Å². The van der Waals surface area contributed by atoms with Crippen LogP contribution in [0.15, 0.2) is 60.7 Å². The zero-order chi connectivity index (χ0) is 18.2. The molecule has 3 aromatic heterocycles. The maximum absolute atomic E-state index is 4.86. The Bertz CT molecular complexity index is 1240. The molecule has 0 fully saturated rings. The molecule has 5 nitrogen and oxygen atoms in total. The van der Waals surface area contributed by atoms with E-state index in [2.05, 4.69) is 41.4 Å². The second-order valence-electron chi connectivity index (χ2n) is 6.41. The third kappa shape index (κ3) is 2.78. The SMILES string of the molecule is CCCc1nnc2sc(-c3cc(-c4ccccc4)nc4ccccc34)nn12. The van der Waals surface area contributed by atoms with Crippen LogP contribution in [0.4, 0.5) is 0 Å². The molecule has 0 saturated heterocycles. The number of benzene rings is 2. The minimum atomic E-state index is 0.829. The van der Waals surface area contributed by atoms with Crippen LogP contribution in [0.5, 0.6) is 0 Å². The monoisotopic (exact) mass is 371 g/mol. The highest BCUT2D eigenvalue weighted by Gasteiger charge is 2.16. The van der Waals surface area contributed by atoms with Crippen molar-refractivity contribution < 1.29 is 0 Å². The fourth-order valence-electron chi connectivity index (χ4n) is 3.25. The molecule has 6 heteroatoms. The van der Waals surface area contributed by atoms with E-state index in [-0.39, 0.29) is 0 Å². The van der Waals surface area contributed by atoms with Gasteiger partial charge in [-0.3, -0.25) is 0 Å². The number of rotatable bonds is 4. The van der Waals surface area contributed by atoms with E-state index in [0.29, 0.717) is 0 Å². The normalized spacial score (nSPS) is 11.4. The fraction of sp³-hybridized carbons (Fsp3) is 0.143. The molecule has 3 heterocycles. The first kappa shape index (κ1) is 16.1. The highest BCUT2D eigenvalue weighted by atomic mass is 32.1. The molecule has 0 aliphatic heterocycles. The van der Waals surface area contributed by atoms with E-state index in [4.69, 9.17) is 10.1 Å². The molecule has 0 aliphatic rings. The first-order chi connectivity index (χ1) is 13.3. The Hall–Kier alpha value is -3.12. The molecule has 0 amide bonds. The van der Waals surface area contributed by atoms with Gasteiger partial charge in [-0.25, -0.2) is 4.98 Å². The third-order valence-electron chi connectivity index (χ3n) is 4.55. The van der Waals surface area contributed by atoms with Gasteiger partial charge in [-0.05, 0) is 18.6 Å². The summed E-state index contributed by atoms with van der Waals surface area (Å²) in [4.78, 5) is 5.69. The van der Waals surface area contributed by atoms with E-state index >= 15 is 0 Å². The van der Waals surface area contributed by atoms with Crippen LogP contribution in [-0.2, 0) is 6.42 Å². The highest BCUT2D eigenvalue weighted by molar-refractivity contribution is 7.19. The van der Waals surface area contributed by atoms with Gasteiger partial charge in [0.05, 0.1) is 11.2 Å². The predicted molar refractivity (Wildman–Crippen MR) is 109 cm³/mol. The van der Waals surface area contributed by atoms with E-state index in [1.54, 1.807) is 11.3 Å². The molecule has 0 spiro atoms. The minimum absolute atomic E-state index is 0.829. The third-order valence-corrected chi connectivity index (χ3v) is 5.48. The zero-order valence-corrected chi connectivity index (χ0v) is 15.6. The smallest absolute Gasteiger partial charge is 0.234 e. The van der Waals surface area contributed by atoms with Gasteiger partial charge < -0.3 is 0 Å². The summed E-state index contributed by atoms with van der Waals surface area (Å²) in [6.07, 6.45) is 1.89. The molecule has 0 saturated carbocycles. The average Bonchev–Trinajstić information content (AvgIpc) is 3.30. The van der Waals surface area contributed by atoms with Crippen molar-refractivity contribution >= 4 is 27.2 Å². The van der Waals surface area contributed by atoms with Gasteiger partial charge in [0.1, 0.15) is 5.01 Å². The van der Waals surface area contributed by atoms with Crippen molar-refractivity contribution in [3.8, 4) is 21.8 Å². The van der Waals surface area contributed by atoms with Crippen molar-refractivity contribution in [3.63, 3.8) is 0 Å². The number of pyridine rings is 1. The summed E-state index contributed by atoms with van der Waals surface area (Å²) in [5, 5.41) is 15.4. The maximum Gasteiger partial charge on any atom is 0.234 e. The van der Waals surface area contributed by atoms with E-state index < -0.39 is 0 Å². The maximum atomic E-state index is 4.86. The van der Waals surface area contributed by atoms with Gasteiger partial charge >= 0.3 is 0 Å². The first-order valence-corrected chi connectivity index (χ1v) is 9.82. The zero-order valence-electron chi connectivity index (χ0n) is 14.8. The molecule has 0 bridgehead atoms. The average molecular weight is 371 g/mol. The molecule has 0 unspecified atom stereocenters. The lowest BCUT2D eigenvalue weighted by atomic mass is 10.0. The van der Waals surface area contributed by atoms with Crippen LogP contribution in [0.25, 0.3) is 37.7 Å². The van der Waals surface area contributed by atoms with Gasteiger partial charge in [-0.1, -0.05) is 66.8 Å². The van der Waals surface area contributed by atoms with Crippen molar-refractivity contribution in [3.05, 3.63) is 66.5 Å². The van der Waals surface area contributed by atoms with E-state index in [9.17, 15) is 0 Å². The summed E-state index contributed by atoms with van der Waals surface area (Å²) >= 11 is 1.57. The summed E-state index contributed by atoms with van der Waals surface area (Å²) < 4.78 is 1.88. The van der Waals surface area contributed by atoms with Gasteiger partial charge in [0.25, 0.3) is 0 Å². The quantitative estimate of drug-likeness (QED) is 0.445. The summed E-state index contributed by atoms with van der Waals surface area (Å²) in [7, 11) is 0. The molecule has 0 N–H and O–H groups in total. The molecular weight excluding hydrogens is 354 g/mol. The van der Waals surface area contributed by atoms with Crippen LogP contribution in [-0.4, -0.2) is 24.8 Å². The molecule has 27 heavy (non-hydrogen) atoms. The number of fused-ring (bicyclic) bond motifs is 2. The van der Waals surface area contributed by atoms with Crippen LogP contribution in [0.3, 0.4) is 0 Å². The van der Waals surface area contributed by atoms with E-state index in [1.165, 1.54) is 0 Å². The van der Waals surface area contributed by atoms with Gasteiger partial charge in [0.15, 0.2) is 5.82 Å². The second kappa shape index (κ2) is 6.55. The van der Waals surface area contributed by atoms with Crippen molar-refractivity contribution in [1.29, 1.82) is 0 Å². The molecule has 5 rings (SSSR count). The number of hydrogen-bond donors (Lipinski definition) is 0. The minimum Gasteiger partial charge on any atom is -0.248 e. The van der Waals surface area contributed by atoms with Crippen molar-refractivity contribution in [2.75, 3.05) is 0 Å². The summed E-state index contributed by atoms with van der Waals surface area (Å²) in [6, 6.07) is 20.6. The standard InChI is InChI=1S/C21H17N5S/c1-2-8-19-23-24-21-26(19)25-20(27-21)16-13-18(14-9-4-3-5-10-14)22-17-12-7-6-11-15(16)17/h3-7,9-13H,2,8H2,1H3. The van der Waals surface area contributed by atoms with Crippen LogP contribution >= 0.6 is 11.3 Å². The van der Waals surface area contributed by atoms with Crippen LogP contribution in [0, 0.1) is 0 Å². The van der Waals surface area contributed by atoms with Crippen molar-refractivity contribution in [2.24, 2.45) is 0 Å². The number of aryl methyl sites for hydroxylation is 1. The topological polar surface area (TPSA) is 56.0 Å². The Morgan fingerprint density at radius 1 is 0.963 bits per heavy atom. The van der Waals surface area contributed by atoms with Crippen LogP contribution < -0.4 is 0 Å².